The SMILES string of the molecule is CCCCCCCCCCCC(=O)NCCCNC(=O)CC(O)(CC(=O)NCCCNC(C)=O)C(=O)O. The number of nitrogens with one attached hydrogen (secondary N) is 4. The third-order valence-electron chi connectivity index (χ3n) is 5.86. The Balaban J connectivity index is 3.98. The minimum atomic E-state index is -2.53. The van der Waals surface area contributed by atoms with E-state index in [4.69, 9.17) is 0 Å². The first-order chi connectivity index (χ1) is 17.6. The van der Waals surface area contributed by atoms with Crippen LogP contribution in [0.15, 0.2) is 0 Å². The van der Waals surface area contributed by atoms with Crippen molar-refractivity contribution < 1.29 is 34.2 Å². The van der Waals surface area contributed by atoms with Crippen LogP contribution in [0, 0.1) is 0 Å². The summed E-state index contributed by atoms with van der Waals surface area (Å²) >= 11 is 0. The molecule has 0 spiro atoms. The molecule has 0 aromatic carbocycles. The minimum Gasteiger partial charge on any atom is -0.479 e. The second kappa shape index (κ2) is 21.4. The number of hydrogen-bond donors (Lipinski definition) is 6. The molecule has 0 bridgehead atoms. The Morgan fingerprint density at radius 3 is 1.43 bits per heavy atom. The molecule has 0 aliphatic rings. The molecule has 37 heavy (non-hydrogen) atoms. The van der Waals surface area contributed by atoms with Crippen molar-refractivity contribution in [1.29, 1.82) is 0 Å². The summed E-state index contributed by atoms with van der Waals surface area (Å²) in [5.41, 5.74) is -2.53. The maximum Gasteiger partial charge on any atom is 0.336 e. The summed E-state index contributed by atoms with van der Waals surface area (Å²) in [6.07, 6.45) is 10.5. The van der Waals surface area contributed by atoms with Crippen LogP contribution < -0.4 is 21.3 Å². The average Bonchev–Trinajstić information content (AvgIpc) is 2.82. The number of amides is 4. The molecular weight excluding hydrogens is 480 g/mol. The van der Waals surface area contributed by atoms with Gasteiger partial charge in [-0.3, -0.25) is 19.2 Å². The predicted molar refractivity (Wildman–Crippen MR) is 141 cm³/mol. The fraction of sp³-hybridized carbons (Fsp3) is 0.808. The molecule has 6 N–H and O–H groups in total. The fourth-order valence-electron chi connectivity index (χ4n) is 3.68. The first kappa shape index (κ1) is 34.3. The largest absolute Gasteiger partial charge is 0.479 e. The summed E-state index contributed by atoms with van der Waals surface area (Å²) in [5.74, 6) is -3.31. The van der Waals surface area contributed by atoms with E-state index in [9.17, 15) is 34.2 Å². The summed E-state index contributed by atoms with van der Waals surface area (Å²) in [5, 5.41) is 30.0. The standard InChI is InChI=1S/C26H48N4O7/c1-3-4-5-6-7-8-9-10-11-14-22(32)28-16-13-18-30-24(34)20-26(37,25(35)36)19-23(33)29-17-12-15-27-21(2)31/h37H,3-20H2,1-2H3,(H,27,31)(H,28,32)(H,29,33)(H,30,34)(H,35,36). The summed E-state index contributed by atoms with van der Waals surface area (Å²) in [6.45, 7) is 4.68. The van der Waals surface area contributed by atoms with E-state index in [1.807, 2.05) is 0 Å². The van der Waals surface area contributed by atoms with E-state index in [1.165, 1.54) is 45.4 Å². The molecule has 0 radical (unpaired) electrons. The lowest BCUT2D eigenvalue weighted by Gasteiger charge is -2.22. The van der Waals surface area contributed by atoms with Gasteiger partial charge < -0.3 is 31.5 Å². The Labute approximate surface area is 220 Å². The number of hydrogen-bond acceptors (Lipinski definition) is 6. The zero-order valence-corrected chi connectivity index (χ0v) is 22.7. The van der Waals surface area contributed by atoms with Gasteiger partial charge in [0.05, 0.1) is 12.8 Å². The average molecular weight is 529 g/mol. The molecule has 11 nitrogen and oxygen atoms in total. The monoisotopic (exact) mass is 528 g/mol. The molecule has 0 aromatic rings. The van der Waals surface area contributed by atoms with Gasteiger partial charge in [0.2, 0.25) is 23.6 Å². The van der Waals surface area contributed by atoms with Crippen molar-refractivity contribution in [2.24, 2.45) is 0 Å². The van der Waals surface area contributed by atoms with Crippen LogP contribution in [0.4, 0.5) is 0 Å². The summed E-state index contributed by atoms with van der Waals surface area (Å²) < 4.78 is 0. The lowest BCUT2D eigenvalue weighted by Crippen LogP contribution is -2.47. The fourth-order valence-corrected chi connectivity index (χ4v) is 3.68. The van der Waals surface area contributed by atoms with Gasteiger partial charge in [-0.15, -0.1) is 0 Å². The molecule has 0 saturated heterocycles. The van der Waals surface area contributed by atoms with E-state index in [-0.39, 0.29) is 24.9 Å². The van der Waals surface area contributed by atoms with Gasteiger partial charge in [0, 0.05) is 39.5 Å². The molecule has 1 unspecified atom stereocenters. The van der Waals surface area contributed by atoms with E-state index in [0.29, 0.717) is 32.4 Å². The number of carboxylic acid groups (broad SMARTS) is 1. The number of carbonyl (C=O) groups excluding carboxylic acids is 4. The van der Waals surface area contributed by atoms with Gasteiger partial charge in [0.1, 0.15) is 0 Å². The van der Waals surface area contributed by atoms with Crippen LogP contribution >= 0.6 is 0 Å². The minimum absolute atomic E-state index is 0.0300. The highest BCUT2D eigenvalue weighted by molar-refractivity contribution is 5.91. The van der Waals surface area contributed by atoms with Crippen LogP contribution in [0.3, 0.4) is 0 Å². The number of aliphatic hydroxyl groups is 1. The van der Waals surface area contributed by atoms with E-state index in [1.54, 1.807) is 0 Å². The van der Waals surface area contributed by atoms with Gasteiger partial charge in [0.25, 0.3) is 0 Å². The lowest BCUT2D eigenvalue weighted by molar-refractivity contribution is -0.164. The maximum absolute atomic E-state index is 12.1. The normalized spacial score (nSPS) is 12.3. The van der Waals surface area contributed by atoms with E-state index in [0.717, 1.165) is 19.3 Å². The number of carbonyl (C=O) groups is 5. The maximum atomic E-state index is 12.1. The number of rotatable bonds is 23. The van der Waals surface area contributed by atoms with Gasteiger partial charge in [-0.2, -0.15) is 0 Å². The Bertz CT molecular complexity index is 702. The zero-order valence-electron chi connectivity index (χ0n) is 22.7. The van der Waals surface area contributed by atoms with Crippen molar-refractivity contribution >= 4 is 29.6 Å². The Morgan fingerprint density at radius 2 is 1.00 bits per heavy atom. The van der Waals surface area contributed by atoms with Gasteiger partial charge in [-0.1, -0.05) is 58.3 Å². The highest BCUT2D eigenvalue weighted by Gasteiger charge is 2.40. The number of unbranched alkanes of at least 4 members (excludes halogenated alkanes) is 8. The first-order valence-electron chi connectivity index (χ1n) is 13.6. The summed E-state index contributed by atoms with van der Waals surface area (Å²) in [4.78, 5) is 58.3. The van der Waals surface area contributed by atoms with Gasteiger partial charge in [-0.25, -0.2) is 4.79 Å². The zero-order chi connectivity index (χ0) is 27.9. The van der Waals surface area contributed by atoms with Gasteiger partial charge >= 0.3 is 5.97 Å². The van der Waals surface area contributed by atoms with Crippen LogP contribution in [-0.2, 0) is 24.0 Å². The van der Waals surface area contributed by atoms with Crippen LogP contribution in [-0.4, -0.2) is 71.6 Å². The molecule has 0 aliphatic carbocycles. The van der Waals surface area contributed by atoms with Crippen LogP contribution in [0.25, 0.3) is 0 Å². The van der Waals surface area contributed by atoms with Crippen molar-refractivity contribution in [1.82, 2.24) is 21.3 Å². The topological polar surface area (TPSA) is 174 Å². The number of carboxylic acids is 1. The Kier molecular flexibility index (Phi) is 19.8. The summed E-state index contributed by atoms with van der Waals surface area (Å²) in [6, 6.07) is 0. The van der Waals surface area contributed by atoms with Crippen LogP contribution in [0.5, 0.6) is 0 Å². The highest BCUT2D eigenvalue weighted by atomic mass is 16.4. The second-order valence-electron chi connectivity index (χ2n) is 9.51. The molecule has 0 rings (SSSR count). The highest BCUT2D eigenvalue weighted by Crippen LogP contribution is 2.16. The van der Waals surface area contributed by atoms with Crippen molar-refractivity contribution in [3.63, 3.8) is 0 Å². The van der Waals surface area contributed by atoms with Crippen molar-refractivity contribution in [2.45, 2.75) is 109 Å². The molecule has 0 aliphatic heterocycles. The first-order valence-corrected chi connectivity index (χ1v) is 13.6. The molecule has 0 aromatic heterocycles. The molecule has 0 fully saturated rings. The van der Waals surface area contributed by atoms with Gasteiger partial charge in [0.15, 0.2) is 5.60 Å². The molecule has 4 amide bonds. The molecule has 1 atom stereocenters. The Morgan fingerprint density at radius 1 is 0.595 bits per heavy atom. The molecule has 0 heterocycles. The van der Waals surface area contributed by atoms with E-state index in [2.05, 4.69) is 28.2 Å². The van der Waals surface area contributed by atoms with Crippen molar-refractivity contribution in [2.75, 3.05) is 26.2 Å². The second-order valence-corrected chi connectivity index (χ2v) is 9.51. The predicted octanol–water partition coefficient (Wildman–Crippen LogP) is 1.77. The lowest BCUT2D eigenvalue weighted by atomic mass is 9.94. The molecule has 0 saturated carbocycles. The smallest absolute Gasteiger partial charge is 0.336 e. The third-order valence-corrected chi connectivity index (χ3v) is 5.86. The van der Waals surface area contributed by atoms with E-state index >= 15 is 0 Å². The third kappa shape index (κ3) is 20.1. The van der Waals surface area contributed by atoms with Crippen LogP contribution in [0.1, 0.15) is 104 Å². The molecule has 214 valence electrons. The quantitative estimate of drug-likeness (QED) is 0.110. The molecule has 11 heteroatoms. The molecular formula is C26H48N4O7. The van der Waals surface area contributed by atoms with Crippen LogP contribution in [0.2, 0.25) is 0 Å². The van der Waals surface area contributed by atoms with Gasteiger partial charge in [-0.05, 0) is 19.3 Å². The van der Waals surface area contributed by atoms with Crippen molar-refractivity contribution in [3.05, 3.63) is 0 Å². The van der Waals surface area contributed by atoms with E-state index < -0.39 is 36.2 Å². The summed E-state index contributed by atoms with van der Waals surface area (Å²) in [7, 11) is 0. The van der Waals surface area contributed by atoms with Crippen molar-refractivity contribution in [3.8, 4) is 0 Å². The Hall–Kier alpha value is -2.69. The number of aliphatic carboxylic acids is 1.